The van der Waals surface area contributed by atoms with Gasteiger partial charge in [0.05, 0.1) is 12.1 Å². The fourth-order valence-electron chi connectivity index (χ4n) is 3.82. The van der Waals surface area contributed by atoms with Crippen LogP contribution >= 0.6 is 0 Å². The lowest BCUT2D eigenvalue weighted by Gasteiger charge is -2.30. The van der Waals surface area contributed by atoms with Crippen LogP contribution in [-0.4, -0.2) is 51.4 Å². The number of carbonyl (C=O) groups is 3. The Morgan fingerprint density at radius 1 is 1.32 bits per heavy atom. The summed E-state index contributed by atoms with van der Waals surface area (Å²) in [6.07, 6.45) is -0.581. The molecule has 0 radical (unpaired) electrons. The molecule has 0 fully saturated rings. The summed E-state index contributed by atoms with van der Waals surface area (Å²) in [7, 11) is 1.90. The van der Waals surface area contributed by atoms with Gasteiger partial charge in [0.15, 0.2) is 5.78 Å². The van der Waals surface area contributed by atoms with Crippen LogP contribution in [0.5, 0.6) is 0 Å². The summed E-state index contributed by atoms with van der Waals surface area (Å²) < 4.78 is 14.8. The van der Waals surface area contributed by atoms with Crippen molar-refractivity contribution < 1.29 is 28.7 Å². The lowest BCUT2D eigenvalue weighted by Crippen LogP contribution is -2.55. The Balaban J connectivity index is 1.88. The molecule has 2 heterocycles. The van der Waals surface area contributed by atoms with Crippen LogP contribution in [-0.2, 0) is 26.3 Å². The number of carboxylic acids is 1. The van der Waals surface area contributed by atoms with E-state index >= 15 is 0 Å². The van der Waals surface area contributed by atoms with Gasteiger partial charge < -0.3 is 19.8 Å². The van der Waals surface area contributed by atoms with E-state index < -0.39 is 42.4 Å². The second kappa shape index (κ2) is 8.49. The largest absolute Gasteiger partial charge is 0.481 e. The van der Waals surface area contributed by atoms with E-state index in [0.29, 0.717) is 5.71 Å². The number of fused-ring (bicyclic) bond motifs is 1. The van der Waals surface area contributed by atoms with E-state index in [0.717, 1.165) is 22.2 Å². The summed E-state index contributed by atoms with van der Waals surface area (Å²) in [6.45, 7) is 4.17. The fourth-order valence-corrected chi connectivity index (χ4v) is 3.82. The molecule has 3 rings (SSSR count). The minimum absolute atomic E-state index is 0.128. The van der Waals surface area contributed by atoms with Crippen molar-refractivity contribution in [1.29, 1.82) is 0 Å². The third-order valence-electron chi connectivity index (χ3n) is 5.76. The molecule has 2 atom stereocenters. The first kappa shape index (κ1) is 22.5. The van der Waals surface area contributed by atoms with Gasteiger partial charge in [0, 0.05) is 30.3 Å². The van der Waals surface area contributed by atoms with Crippen LogP contribution in [0.3, 0.4) is 0 Å². The minimum atomic E-state index is -1.47. The van der Waals surface area contributed by atoms with Gasteiger partial charge in [0.1, 0.15) is 18.4 Å². The average Bonchev–Trinajstić information content (AvgIpc) is 3.29. The molecule has 1 aromatic carbocycles. The van der Waals surface area contributed by atoms with Crippen LogP contribution in [0.25, 0.3) is 10.9 Å². The standard InChI is InChI=1S/C22H26FN3O5/c1-12(2)22(21(30)24-15(9-20(28)29)19(27)11-23)10-16(25-31-22)18-8-14-7-13(3)5-6-17(14)26(18)4/h5-8,12,15H,9-11H2,1-4H3,(H,24,30)(H,28,29). The molecule has 0 spiro atoms. The van der Waals surface area contributed by atoms with E-state index in [2.05, 4.69) is 16.5 Å². The molecule has 31 heavy (non-hydrogen) atoms. The van der Waals surface area contributed by atoms with Crippen molar-refractivity contribution in [2.45, 2.75) is 45.3 Å². The number of hydrogen-bond acceptors (Lipinski definition) is 5. The molecule has 0 saturated carbocycles. The van der Waals surface area contributed by atoms with Crippen LogP contribution in [0.15, 0.2) is 29.4 Å². The number of nitrogens with zero attached hydrogens (tertiary/aromatic N) is 2. The number of Topliss-reactive ketones (excluding diaryl/α,β-unsaturated/α-hetero) is 1. The van der Waals surface area contributed by atoms with E-state index in [1.807, 2.05) is 36.7 Å². The molecule has 2 aromatic rings. The predicted octanol–water partition coefficient (Wildman–Crippen LogP) is 2.50. The number of benzene rings is 1. The Labute approximate surface area is 179 Å². The Morgan fingerprint density at radius 2 is 2.03 bits per heavy atom. The zero-order chi connectivity index (χ0) is 22.9. The number of hydrogen-bond donors (Lipinski definition) is 2. The van der Waals surface area contributed by atoms with Crippen molar-refractivity contribution in [2.24, 2.45) is 18.1 Å². The molecular formula is C22H26FN3O5. The van der Waals surface area contributed by atoms with Gasteiger partial charge >= 0.3 is 5.97 Å². The number of carbonyl (C=O) groups excluding carboxylic acids is 2. The van der Waals surface area contributed by atoms with Gasteiger partial charge in [-0.25, -0.2) is 4.39 Å². The number of aliphatic carboxylic acids is 1. The Morgan fingerprint density at radius 3 is 2.65 bits per heavy atom. The number of amides is 1. The Hall–Kier alpha value is -3.23. The first-order valence-corrected chi connectivity index (χ1v) is 10.0. The fraction of sp³-hybridized carbons (Fsp3) is 0.455. The van der Waals surface area contributed by atoms with Gasteiger partial charge in [0.2, 0.25) is 5.60 Å². The van der Waals surface area contributed by atoms with Crippen molar-refractivity contribution in [3.05, 3.63) is 35.5 Å². The highest BCUT2D eigenvalue weighted by Crippen LogP contribution is 2.35. The van der Waals surface area contributed by atoms with Crippen molar-refractivity contribution >= 4 is 34.3 Å². The molecule has 166 valence electrons. The minimum Gasteiger partial charge on any atom is -0.481 e. The maximum atomic E-state index is 13.1. The first-order valence-electron chi connectivity index (χ1n) is 10.0. The van der Waals surface area contributed by atoms with Crippen LogP contribution in [0.1, 0.15) is 37.9 Å². The molecule has 0 saturated heterocycles. The highest BCUT2D eigenvalue weighted by Gasteiger charge is 2.50. The normalized spacial score (nSPS) is 19.2. The SMILES string of the molecule is Cc1ccc2c(c1)cc(C1=NOC(C(=O)NC(CC(=O)O)C(=O)CF)(C(C)C)C1)n2C. The van der Waals surface area contributed by atoms with E-state index in [4.69, 9.17) is 9.94 Å². The summed E-state index contributed by atoms with van der Waals surface area (Å²) in [6, 6.07) is 6.57. The van der Waals surface area contributed by atoms with Gasteiger partial charge in [0.25, 0.3) is 5.91 Å². The molecule has 8 nitrogen and oxygen atoms in total. The monoisotopic (exact) mass is 431 g/mol. The molecule has 0 bridgehead atoms. The second-order valence-corrected chi connectivity index (χ2v) is 8.22. The summed E-state index contributed by atoms with van der Waals surface area (Å²) in [4.78, 5) is 41.6. The number of rotatable bonds is 8. The number of carboxylic acid groups (broad SMARTS) is 1. The number of aromatic nitrogens is 1. The first-order chi connectivity index (χ1) is 14.6. The molecule has 2 unspecified atom stereocenters. The third kappa shape index (κ3) is 4.17. The number of nitrogens with one attached hydrogen (secondary N) is 1. The average molecular weight is 431 g/mol. The smallest absolute Gasteiger partial charge is 0.305 e. The van der Waals surface area contributed by atoms with Crippen molar-refractivity contribution in [3.63, 3.8) is 0 Å². The second-order valence-electron chi connectivity index (χ2n) is 8.22. The lowest BCUT2D eigenvalue weighted by atomic mass is 9.84. The highest BCUT2D eigenvalue weighted by molar-refractivity contribution is 6.08. The summed E-state index contributed by atoms with van der Waals surface area (Å²) in [5, 5.41) is 16.6. The van der Waals surface area contributed by atoms with E-state index in [9.17, 15) is 18.8 Å². The van der Waals surface area contributed by atoms with Crippen LogP contribution in [0.2, 0.25) is 0 Å². The van der Waals surface area contributed by atoms with E-state index in [1.54, 1.807) is 13.8 Å². The molecule has 1 aliphatic heterocycles. The summed E-state index contributed by atoms with van der Waals surface area (Å²) in [5.41, 5.74) is 2.04. The number of aryl methyl sites for hydroxylation is 2. The Kier molecular flexibility index (Phi) is 6.15. The Bertz CT molecular complexity index is 1070. The molecule has 1 aromatic heterocycles. The van der Waals surface area contributed by atoms with Crippen LogP contribution in [0.4, 0.5) is 4.39 Å². The summed E-state index contributed by atoms with van der Waals surface area (Å²) in [5.74, 6) is -3.36. The lowest BCUT2D eigenvalue weighted by molar-refractivity contribution is -0.152. The number of alkyl halides is 1. The van der Waals surface area contributed by atoms with Crippen LogP contribution < -0.4 is 5.32 Å². The van der Waals surface area contributed by atoms with Crippen molar-refractivity contribution in [3.8, 4) is 0 Å². The quantitative estimate of drug-likeness (QED) is 0.667. The van der Waals surface area contributed by atoms with Crippen LogP contribution in [0, 0.1) is 12.8 Å². The molecule has 9 heteroatoms. The predicted molar refractivity (Wildman–Crippen MR) is 113 cm³/mol. The third-order valence-corrected chi connectivity index (χ3v) is 5.76. The topological polar surface area (TPSA) is 110 Å². The van der Waals surface area contributed by atoms with Gasteiger partial charge in [-0.2, -0.15) is 0 Å². The molecule has 2 N–H and O–H groups in total. The molecule has 1 amide bonds. The molecule has 0 aliphatic carbocycles. The molecule has 1 aliphatic rings. The maximum Gasteiger partial charge on any atom is 0.305 e. The summed E-state index contributed by atoms with van der Waals surface area (Å²) >= 11 is 0. The van der Waals surface area contributed by atoms with Gasteiger partial charge in [-0.15, -0.1) is 0 Å². The van der Waals surface area contributed by atoms with Gasteiger partial charge in [-0.3, -0.25) is 14.4 Å². The van der Waals surface area contributed by atoms with Crippen molar-refractivity contribution in [1.82, 2.24) is 9.88 Å². The zero-order valence-corrected chi connectivity index (χ0v) is 17.9. The van der Waals surface area contributed by atoms with E-state index in [-0.39, 0.29) is 12.3 Å². The van der Waals surface area contributed by atoms with Gasteiger partial charge in [-0.1, -0.05) is 30.6 Å². The zero-order valence-electron chi connectivity index (χ0n) is 17.9. The van der Waals surface area contributed by atoms with Crippen molar-refractivity contribution in [2.75, 3.05) is 6.67 Å². The van der Waals surface area contributed by atoms with Gasteiger partial charge in [-0.05, 0) is 25.1 Å². The number of oxime groups is 1. The molecular weight excluding hydrogens is 405 g/mol. The number of halogens is 1. The number of ketones is 1. The maximum absolute atomic E-state index is 13.1. The highest BCUT2D eigenvalue weighted by atomic mass is 19.1. The van der Waals surface area contributed by atoms with E-state index in [1.165, 1.54) is 0 Å².